The number of anilines is 1. The average molecular weight is 418 g/mol. The third kappa shape index (κ3) is 4.28. The van der Waals surface area contributed by atoms with Gasteiger partial charge in [0.15, 0.2) is 0 Å². The van der Waals surface area contributed by atoms with Crippen LogP contribution in [0, 0.1) is 0 Å². The predicted octanol–water partition coefficient (Wildman–Crippen LogP) is 4.96. The molecule has 0 fully saturated rings. The number of sulfonamides is 1. The van der Waals surface area contributed by atoms with E-state index in [1.54, 1.807) is 16.9 Å². The van der Waals surface area contributed by atoms with Crippen LogP contribution in [0.2, 0.25) is 0 Å². The summed E-state index contributed by atoms with van der Waals surface area (Å²) >= 11 is 0. The van der Waals surface area contributed by atoms with Gasteiger partial charge in [0.2, 0.25) is 0 Å². The van der Waals surface area contributed by atoms with Gasteiger partial charge in [-0.15, -0.1) is 0 Å². The van der Waals surface area contributed by atoms with Gasteiger partial charge in [0, 0.05) is 11.8 Å². The van der Waals surface area contributed by atoms with Gasteiger partial charge in [-0.05, 0) is 23.6 Å². The second-order valence-electron chi connectivity index (χ2n) is 7.01. The molecule has 3 aromatic carbocycles. The van der Waals surface area contributed by atoms with E-state index in [1.807, 2.05) is 85.8 Å². The molecule has 0 unspecified atom stereocenters. The monoisotopic (exact) mass is 417 g/mol. The van der Waals surface area contributed by atoms with E-state index in [0.717, 1.165) is 23.1 Å². The maximum atomic E-state index is 13.4. The van der Waals surface area contributed by atoms with Gasteiger partial charge in [-0.1, -0.05) is 85.8 Å². The lowest BCUT2D eigenvalue weighted by atomic mass is 10.1. The molecule has 0 aliphatic heterocycles. The summed E-state index contributed by atoms with van der Waals surface area (Å²) in [5, 5.41) is 4.62. The summed E-state index contributed by atoms with van der Waals surface area (Å²) in [6.45, 7) is 2.49. The molecule has 5 nitrogen and oxygen atoms in total. The molecule has 0 aliphatic carbocycles. The molecule has 1 N–H and O–H groups in total. The number of aromatic nitrogens is 2. The van der Waals surface area contributed by atoms with Crippen molar-refractivity contribution in [1.29, 1.82) is 0 Å². The molecular weight excluding hydrogens is 394 g/mol. The first-order valence-electron chi connectivity index (χ1n) is 9.84. The fraction of sp³-hybridized carbons (Fsp3) is 0.125. The van der Waals surface area contributed by atoms with Crippen molar-refractivity contribution < 1.29 is 8.42 Å². The van der Waals surface area contributed by atoms with E-state index in [9.17, 15) is 8.42 Å². The van der Waals surface area contributed by atoms with Gasteiger partial charge in [-0.25, -0.2) is 8.42 Å². The molecular formula is C24H23N3O2S. The van der Waals surface area contributed by atoms with Crippen LogP contribution in [0.5, 0.6) is 0 Å². The topological polar surface area (TPSA) is 64.0 Å². The van der Waals surface area contributed by atoms with Gasteiger partial charge in [-0.2, -0.15) is 5.10 Å². The third-order valence-corrected chi connectivity index (χ3v) is 6.26. The maximum absolute atomic E-state index is 13.4. The predicted molar refractivity (Wildman–Crippen MR) is 120 cm³/mol. The number of rotatable bonds is 7. The largest absolute Gasteiger partial charge is 0.279 e. The van der Waals surface area contributed by atoms with Gasteiger partial charge in [-0.3, -0.25) is 9.40 Å². The molecule has 152 valence electrons. The summed E-state index contributed by atoms with van der Waals surface area (Å²) in [7, 11) is -3.83. The van der Waals surface area contributed by atoms with Crippen LogP contribution in [0.4, 0.5) is 5.69 Å². The third-order valence-electron chi connectivity index (χ3n) is 4.89. The van der Waals surface area contributed by atoms with Crippen molar-refractivity contribution in [1.82, 2.24) is 9.78 Å². The van der Waals surface area contributed by atoms with Crippen molar-refractivity contribution >= 4 is 15.7 Å². The minimum absolute atomic E-state index is 0.163. The number of nitrogens with zero attached hydrogens (tertiary/aromatic N) is 2. The average Bonchev–Trinajstić information content (AvgIpc) is 3.20. The lowest BCUT2D eigenvalue weighted by molar-refractivity contribution is 0.601. The second kappa shape index (κ2) is 8.55. The maximum Gasteiger partial charge on any atom is 0.265 e. The smallest absolute Gasteiger partial charge is 0.265 e. The Morgan fingerprint density at radius 3 is 2.20 bits per heavy atom. The van der Waals surface area contributed by atoms with E-state index >= 15 is 0 Å². The zero-order valence-electron chi connectivity index (χ0n) is 16.7. The normalized spacial score (nSPS) is 11.4. The SMILES string of the molecule is CCc1ccccc1NS(=O)(=O)c1cn(Cc2ccccc2)nc1-c1ccccc1. The lowest BCUT2D eigenvalue weighted by Crippen LogP contribution is -2.14. The van der Waals surface area contributed by atoms with Crippen LogP contribution >= 0.6 is 0 Å². The Labute approximate surface area is 177 Å². The summed E-state index contributed by atoms with van der Waals surface area (Å²) < 4.78 is 31.2. The van der Waals surface area contributed by atoms with E-state index < -0.39 is 10.0 Å². The molecule has 0 amide bonds. The zero-order chi connectivity index (χ0) is 21.0. The highest BCUT2D eigenvalue weighted by molar-refractivity contribution is 7.92. The van der Waals surface area contributed by atoms with Crippen molar-refractivity contribution in [2.24, 2.45) is 0 Å². The number of hydrogen-bond donors (Lipinski definition) is 1. The highest BCUT2D eigenvalue weighted by Gasteiger charge is 2.24. The number of nitrogens with one attached hydrogen (secondary N) is 1. The fourth-order valence-corrected chi connectivity index (χ4v) is 4.65. The van der Waals surface area contributed by atoms with Crippen molar-refractivity contribution in [2.75, 3.05) is 4.72 Å². The summed E-state index contributed by atoms with van der Waals surface area (Å²) in [5.74, 6) is 0. The van der Waals surface area contributed by atoms with Crippen LogP contribution < -0.4 is 4.72 Å². The Bertz CT molecular complexity index is 1230. The number of para-hydroxylation sites is 1. The Balaban J connectivity index is 1.77. The molecule has 0 aliphatic rings. The Hall–Kier alpha value is -3.38. The molecule has 0 spiro atoms. The molecule has 1 aromatic heterocycles. The van der Waals surface area contributed by atoms with Crippen LogP contribution in [0.1, 0.15) is 18.1 Å². The number of hydrogen-bond acceptors (Lipinski definition) is 3. The van der Waals surface area contributed by atoms with E-state index in [0.29, 0.717) is 17.9 Å². The quantitative estimate of drug-likeness (QED) is 0.462. The van der Waals surface area contributed by atoms with Crippen molar-refractivity contribution in [3.05, 3.63) is 102 Å². The van der Waals surface area contributed by atoms with Crippen molar-refractivity contribution in [3.63, 3.8) is 0 Å². The van der Waals surface area contributed by atoms with Gasteiger partial charge < -0.3 is 0 Å². The molecule has 1 heterocycles. The van der Waals surface area contributed by atoms with Gasteiger partial charge in [0.25, 0.3) is 10.0 Å². The van der Waals surface area contributed by atoms with Crippen LogP contribution in [0.15, 0.2) is 96.0 Å². The van der Waals surface area contributed by atoms with E-state index in [-0.39, 0.29) is 4.90 Å². The first kappa shape index (κ1) is 19.9. The number of benzene rings is 3. The minimum atomic E-state index is -3.83. The highest BCUT2D eigenvalue weighted by Crippen LogP contribution is 2.29. The Morgan fingerprint density at radius 2 is 1.50 bits per heavy atom. The van der Waals surface area contributed by atoms with Crippen LogP contribution in [-0.2, 0) is 23.0 Å². The van der Waals surface area contributed by atoms with Crippen molar-refractivity contribution in [3.8, 4) is 11.3 Å². The minimum Gasteiger partial charge on any atom is -0.279 e. The summed E-state index contributed by atoms with van der Waals surface area (Å²) in [6.07, 6.45) is 2.34. The zero-order valence-corrected chi connectivity index (χ0v) is 17.5. The van der Waals surface area contributed by atoms with Crippen molar-refractivity contribution in [2.45, 2.75) is 24.8 Å². The van der Waals surface area contributed by atoms with Gasteiger partial charge in [0.1, 0.15) is 10.6 Å². The Morgan fingerprint density at radius 1 is 0.867 bits per heavy atom. The molecule has 0 radical (unpaired) electrons. The molecule has 30 heavy (non-hydrogen) atoms. The highest BCUT2D eigenvalue weighted by atomic mass is 32.2. The standard InChI is InChI=1S/C24H23N3O2S/c1-2-20-13-9-10-16-22(20)26-30(28,29)23-18-27(17-19-11-5-3-6-12-19)25-24(23)21-14-7-4-8-15-21/h3-16,18,26H,2,17H2,1H3. The molecule has 0 atom stereocenters. The molecule has 0 saturated heterocycles. The second-order valence-corrected chi connectivity index (χ2v) is 8.66. The Kier molecular flexibility index (Phi) is 5.68. The van der Waals surface area contributed by atoms with E-state index in [1.165, 1.54) is 0 Å². The van der Waals surface area contributed by atoms with Gasteiger partial charge in [0.05, 0.1) is 12.2 Å². The first-order valence-corrected chi connectivity index (χ1v) is 11.3. The van der Waals surface area contributed by atoms with Crippen LogP contribution in [-0.4, -0.2) is 18.2 Å². The molecule has 4 aromatic rings. The van der Waals surface area contributed by atoms with Gasteiger partial charge >= 0.3 is 0 Å². The fourth-order valence-electron chi connectivity index (χ4n) is 3.38. The first-order chi connectivity index (χ1) is 14.6. The van der Waals surface area contributed by atoms with Crippen LogP contribution in [0.25, 0.3) is 11.3 Å². The summed E-state index contributed by atoms with van der Waals surface area (Å²) in [6, 6.07) is 26.7. The summed E-state index contributed by atoms with van der Waals surface area (Å²) in [4.78, 5) is 0.163. The molecule has 4 rings (SSSR count). The molecule has 6 heteroatoms. The number of aryl methyl sites for hydroxylation is 1. The van der Waals surface area contributed by atoms with Crippen LogP contribution in [0.3, 0.4) is 0 Å². The summed E-state index contributed by atoms with van der Waals surface area (Å²) in [5.41, 5.74) is 3.78. The lowest BCUT2D eigenvalue weighted by Gasteiger charge is -2.11. The van der Waals surface area contributed by atoms with E-state index in [2.05, 4.69) is 9.82 Å². The molecule has 0 saturated carbocycles. The molecule has 0 bridgehead atoms. The van der Waals surface area contributed by atoms with E-state index in [4.69, 9.17) is 0 Å².